The standard InChI is InChI=1S/C16H20N4S.C15H18N4S.C14H15F3N4S.C14H16N8S.C14H18N4S2.C14H18N4S/c1-9(2)12-7-19-13(10(3)4)6-14(12)21-15-8-18-11(5)20-16(15)17;1-5-11-6-13(12(7-18-11)9(2)3)20-14-8-17-10(4)19-15(14)16;1-7(2)9-5-20-12(14(15,16)17)4-10(9)22-11-6-19-8(3)21-13(11)18;1-7(2)9-5-17-10(14-19-21-22-20-14)4-11(9)23-12-6-16-8(3)18-13(12)15;1-8(2)10-6-17-13(19-4)5-11(10)20-12-7-16-9(3)18-14(12)15;1-8(2)11-6-16-9(3)5-12(11)19-13-7-17-10(4)18-14(13)15/h6-9H,3H2,1-2,4-5H3,(H2,17,18,20);5-9H,1H2,2-4H3,(H2,16,17,19);4-7H,1-3H3,(H2,18,19,21);4-7,14H,1-3H3,(H2,15,16,18);5-8H,1-4H3,(H2,15,16,18);5-8H,1-4H3,(H2,15,17,18). The zero-order valence-electron chi connectivity index (χ0n) is 73.7. The van der Waals surface area contributed by atoms with Gasteiger partial charge >= 0.3 is 6.18 Å². The molecule has 1 aliphatic heterocycles. The van der Waals surface area contributed by atoms with Crippen molar-refractivity contribution in [3.05, 3.63) is 221 Å². The third-order valence-corrected chi connectivity index (χ3v) is 25.1. The van der Waals surface area contributed by atoms with E-state index in [1.54, 1.807) is 103 Å². The number of anilines is 6. The topological polar surface area (TPSA) is 438 Å². The van der Waals surface area contributed by atoms with E-state index in [9.17, 15) is 13.2 Å². The van der Waals surface area contributed by atoms with Crippen LogP contribution in [0.3, 0.4) is 0 Å². The van der Waals surface area contributed by atoms with Crippen LogP contribution in [0, 0.1) is 48.5 Å². The van der Waals surface area contributed by atoms with Crippen LogP contribution in [-0.4, -0.2) is 96.0 Å². The van der Waals surface area contributed by atoms with E-state index < -0.39 is 18.0 Å². The number of pyridine rings is 6. The van der Waals surface area contributed by atoms with Gasteiger partial charge in [0.15, 0.2) is 0 Å². The number of nitrogen functional groups attached to an aromatic ring is 6. The number of nitrogens with two attached hydrogens (primary N) is 6. The molecule has 0 saturated heterocycles. The van der Waals surface area contributed by atoms with Gasteiger partial charge in [-0.15, -0.1) is 22.0 Å². The molecule has 0 unspecified atom stereocenters. The zero-order chi connectivity index (χ0) is 91.8. The highest BCUT2D eigenvalue weighted by molar-refractivity contribution is 8.01. The van der Waals surface area contributed by atoms with Crippen LogP contribution in [0.5, 0.6) is 0 Å². The molecule has 656 valence electrons. The Morgan fingerprint density at radius 2 is 0.640 bits per heavy atom. The van der Waals surface area contributed by atoms with Gasteiger partial charge in [-0.25, -0.2) is 64.8 Å². The van der Waals surface area contributed by atoms with Gasteiger partial charge in [0.2, 0.25) is 6.17 Å². The second-order valence-electron chi connectivity index (χ2n) is 29.9. The van der Waals surface area contributed by atoms with Gasteiger partial charge in [-0.1, -0.05) is 167 Å². The normalized spacial score (nSPS) is 11.7. The monoisotopic (exact) mass is 1820 g/mol. The van der Waals surface area contributed by atoms with Crippen LogP contribution in [0.15, 0.2) is 208 Å². The van der Waals surface area contributed by atoms with E-state index in [1.807, 2.05) is 112 Å². The van der Waals surface area contributed by atoms with E-state index in [0.29, 0.717) is 109 Å². The first-order chi connectivity index (χ1) is 59.1. The van der Waals surface area contributed by atoms with E-state index in [4.69, 9.17) is 34.4 Å². The fourth-order valence-corrected chi connectivity index (χ4v) is 18.0. The Labute approximate surface area is 758 Å². The molecule has 0 spiro atoms. The quantitative estimate of drug-likeness (QED) is 0.0343. The van der Waals surface area contributed by atoms with Gasteiger partial charge in [0.25, 0.3) is 0 Å². The van der Waals surface area contributed by atoms with Crippen molar-refractivity contribution in [2.75, 3.05) is 40.7 Å². The van der Waals surface area contributed by atoms with Crippen LogP contribution in [0.1, 0.15) is 228 Å². The molecular formula is C87H105F3N28S7. The average molecular weight is 1820 g/mol. The Morgan fingerprint density at radius 1 is 0.352 bits per heavy atom. The average Bonchev–Trinajstić information content (AvgIpc) is 1.11. The lowest BCUT2D eigenvalue weighted by molar-refractivity contribution is -0.141. The molecule has 125 heavy (non-hydrogen) atoms. The molecular weight excluding hydrogens is 1720 g/mol. The summed E-state index contributed by atoms with van der Waals surface area (Å²) in [5.41, 5.74) is 45.8. The minimum atomic E-state index is -4.49. The largest absolute Gasteiger partial charge is 0.433 e. The fraction of sp³-hybridized carbons (Fsp3) is 0.333. The van der Waals surface area contributed by atoms with Crippen molar-refractivity contribution >= 4 is 129 Å². The highest BCUT2D eigenvalue weighted by Gasteiger charge is 2.34. The molecule has 0 amide bonds. The number of nitrogens with zero attached hydrogens (tertiary/aromatic N) is 22. The second kappa shape index (κ2) is 46.4. The molecule has 13 rings (SSSR count). The summed E-state index contributed by atoms with van der Waals surface area (Å²) in [6.45, 7) is 47.7. The van der Waals surface area contributed by atoms with E-state index in [-0.39, 0.29) is 11.7 Å². The maximum atomic E-state index is 12.9. The number of thioether (sulfide) groups is 1. The second-order valence-corrected chi connectivity index (χ2v) is 37.3. The lowest BCUT2D eigenvalue weighted by Gasteiger charge is -2.15. The van der Waals surface area contributed by atoms with Gasteiger partial charge in [0.1, 0.15) is 75.5 Å². The van der Waals surface area contributed by atoms with E-state index >= 15 is 0 Å². The number of hydrogen-bond donors (Lipinski definition) is 6. The van der Waals surface area contributed by atoms with Crippen molar-refractivity contribution in [1.29, 1.82) is 0 Å². The smallest absolute Gasteiger partial charge is 0.383 e. The SMILES string of the molecule is C=C(C)c1cc(Sc2cnc(C)nc2N)c(C(C)C)cn1.C=Cc1cc(Sc2cnc(C)nc2N)c(C(C)C)cn1.CSc1cc(Sc2cnc(C)nc2N)c(C(C)C)cn1.Cc1cc(Sc2cnc(C)nc2N)c(C(C)C)cn1.Cc1ncc(Sc2cc(C(F)(F)F)ncc2C(C)C)c(N)n1.Cc1ncc(Sc2cc(C3N=NN=N3)ncc2C(C)C)c(N)n1. The third kappa shape index (κ3) is 29.3. The number of allylic oxidation sites excluding steroid dienone is 1. The number of aromatic nitrogens is 18. The van der Waals surface area contributed by atoms with Crippen LogP contribution < -0.4 is 34.4 Å². The maximum Gasteiger partial charge on any atom is 0.433 e. The minimum absolute atomic E-state index is 0.0323. The van der Waals surface area contributed by atoms with Crippen LogP contribution in [0.4, 0.5) is 48.1 Å². The first-order valence-corrected chi connectivity index (χ1v) is 45.5. The molecule has 12 aromatic rings. The van der Waals surface area contributed by atoms with Crippen molar-refractivity contribution in [3.63, 3.8) is 0 Å². The Balaban J connectivity index is 0.000000186. The Morgan fingerprint density at radius 3 is 0.960 bits per heavy atom. The fourth-order valence-electron chi connectivity index (χ4n) is 11.0. The highest BCUT2D eigenvalue weighted by atomic mass is 32.2. The predicted octanol–water partition coefficient (Wildman–Crippen LogP) is 22.8. The van der Waals surface area contributed by atoms with Gasteiger partial charge in [-0.2, -0.15) is 13.2 Å². The summed E-state index contributed by atoms with van der Waals surface area (Å²) in [5.74, 6) is 8.64. The highest BCUT2D eigenvalue weighted by Crippen LogP contribution is 2.44. The summed E-state index contributed by atoms with van der Waals surface area (Å²) in [7, 11) is 0. The molecule has 0 atom stereocenters. The Kier molecular flexibility index (Phi) is 36.9. The van der Waals surface area contributed by atoms with Crippen molar-refractivity contribution in [2.24, 2.45) is 20.7 Å². The molecule has 28 nitrogen and oxygen atoms in total. The summed E-state index contributed by atoms with van der Waals surface area (Å²) in [6, 6.07) is 11.3. The minimum Gasteiger partial charge on any atom is -0.383 e. The van der Waals surface area contributed by atoms with Gasteiger partial charge in [-0.3, -0.25) is 24.9 Å². The molecule has 0 aliphatic carbocycles. The van der Waals surface area contributed by atoms with Crippen molar-refractivity contribution < 1.29 is 13.2 Å². The molecule has 0 radical (unpaired) electrons. The number of rotatable bonds is 22. The zero-order valence-corrected chi connectivity index (χ0v) is 79.4. The van der Waals surface area contributed by atoms with Gasteiger partial charge in [-0.05, 0) is 189 Å². The maximum absolute atomic E-state index is 12.9. The lowest BCUT2D eigenvalue weighted by atomic mass is 10.0. The van der Waals surface area contributed by atoms with E-state index in [2.05, 4.69) is 211 Å². The number of halogens is 3. The molecule has 0 aromatic carbocycles. The Hall–Kier alpha value is -10.9. The number of alkyl halides is 3. The van der Waals surface area contributed by atoms with Crippen LogP contribution in [0.25, 0.3) is 11.6 Å². The van der Waals surface area contributed by atoms with Crippen LogP contribution >= 0.6 is 82.3 Å². The molecule has 0 saturated carbocycles. The molecule has 13 heterocycles. The molecule has 12 aromatic heterocycles. The third-order valence-electron chi connectivity index (χ3n) is 17.8. The summed E-state index contributed by atoms with van der Waals surface area (Å²) < 4.78 is 38.6. The number of hydrogen-bond acceptors (Lipinski definition) is 35. The molecule has 1 aliphatic rings. The van der Waals surface area contributed by atoms with E-state index in [0.717, 1.165) is 95.8 Å². The first kappa shape index (κ1) is 99.5. The van der Waals surface area contributed by atoms with Gasteiger partial charge in [0, 0.05) is 109 Å². The van der Waals surface area contributed by atoms with E-state index in [1.165, 1.54) is 56.2 Å². The number of aryl methyl sites for hydroxylation is 7. The van der Waals surface area contributed by atoms with Crippen molar-refractivity contribution in [2.45, 2.75) is 250 Å². The molecule has 12 N–H and O–H groups in total. The summed E-state index contributed by atoms with van der Waals surface area (Å²) in [5, 5.41) is 15.9. The first-order valence-electron chi connectivity index (χ1n) is 39.4. The summed E-state index contributed by atoms with van der Waals surface area (Å²) >= 11 is 10.6. The van der Waals surface area contributed by atoms with Crippen LogP contribution in [0.2, 0.25) is 0 Å². The Bertz CT molecular complexity index is 5810. The molecule has 0 bridgehead atoms. The summed E-state index contributed by atoms with van der Waals surface area (Å²) in [6.07, 6.45) is 20.0. The lowest BCUT2D eigenvalue weighted by Crippen LogP contribution is -2.09. The molecule has 0 fully saturated rings. The van der Waals surface area contributed by atoms with Crippen molar-refractivity contribution in [3.8, 4) is 0 Å². The van der Waals surface area contributed by atoms with Gasteiger partial charge < -0.3 is 34.4 Å². The summed E-state index contributed by atoms with van der Waals surface area (Å²) in [4.78, 5) is 86.6. The predicted molar refractivity (Wildman–Crippen MR) is 501 cm³/mol. The van der Waals surface area contributed by atoms with Gasteiger partial charge in [0.05, 0.1) is 51.5 Å². The van der Waals surface area contributed by atoms with Crippen molar-refractivity contribution in [1.82, 2.24) is 89.7 Å². The van der Waals surface area contributed by atoms with Crippen LogP contribution in [-0.2, 0) is 6.18 Å². The molecule has 38 heteroatoms.